The van der Waals surface area contributed by atoms with Crippen LogP contribution in [0.25, 0.3) is 0 Å². The van der Waals surface area contributed by atoms with Gasteiger partial charge in [-0.15, -0.1) is 0 Å². The minimum Gasteiger partial charge on any atom is -0.393 e. The highest BCUT2D eigenvalue weighted by molar-refractivity contribution is 6.11. The van der Waals surface area contributed by atoms with E-state index in [-0.39, 0.29) is 24.9 Å². The zero-order valence-electron chi connectivity index (χ0n) is 7.68. The minimum absolute atomic E-state index is 0.0725. The summed E-state index contributed by atoms with van der Waals surface area (Å²) in [7, 11) is 5.58. The molecule has 1 aliphatic rings. The molecule has 13 heavy (non-hydrogen) atoms. The van der Waals surface area contributed by atoms with Crippen LogP contribution in [-0.2, 0) is 4.74 Å². The summed E-state index contributed by atoms with van der Waals surface area (Å²) in [6.45, 7) is 1.21. The van der Waals surface area contributed by atoms with Crippen LogP contribution in [0.4, 0.5) is 0 Å². The van der Waals surface area contributed by atoms with E-state index in [1.165, 1.54) is 0 Å². The first kappa shape index (κ1) is 11.0. The van der Waals surface area contributed by atoms with Crippen LogP contribution in [-0.4, -0.2) is 54.2 Å². The van der Waals surface area contributed by atoms with Gasteiger partial charge in [0.15, 0.2) is 0 Å². The molecule has 1 aliphatic heterocycles. The second-order valence-electron chi connectivity index (χ2n) is 3.72. The maximum atomic E-state index is 9.58. The molecule has 1 rings (SSSR count). The van der Waals surface area contributed by atoms with Gasteiger partial charge in [-0.1, -0.05) is 12.7 Å². The van der Waals surface area contributed by atoms with Crippen LogP contribution in [0.5, 0.6) is 0 Å². The van der Waals surface area contributed by atoms with Crippen molar-refractivity contribution in [1.29, 1.82) is 0 Å². The lowest BCUT2D eigenvalue weighted by Crippen LogP contribution is -2.55. The Kier molecular flexibility index (Phi) is 3.35. The van der Waals surface area contributed by atoms with Crippen molar-refractivity contribution in [3.8, 4) is 0 Å². The fourth-order valence-corrected chi connectivity index (χ4v) is 1.37. The Labute approximate surface area is 78.9 Å². The summed E-state index contributed by atoms with van der Waals surface area (Å²) in [5.41, 5.74) is -1.52. The maximum Gasteiger partial charge on any atom is 0.137 e. The van der Waals surface area contributed by atoms with Crippen LogP contribution in [0, 0.1) is 0 Å². The Balaban J connectivity index is 2.56. The van der Waals surface area contributed by atoms with Gasteiger partial charge in [0.25, 0.3) is 0 Å². The summed E-state index contributed by atoms with van der Waals surface area (Å²) >= 11 is 0. The largest absolute Gasteiger partial charge is 0.393 e. The average Bonchev–Trinajstić information content (AvgIpc) is 2.09. The van der Waals surface area contributed by atoms with Gasteiger partial charge in [-0.05, 0) is 0 Å². The smallest absolute Gasteiger partial charge is 0.137 e. The molecule has 1 unspecified atom stereocenters. The Bertz CT molecular complexity index is 176. The van der Waals surface area contributed by atoms with Gasteiger partial charge in [0.2, 0.25) is 0 Å². The van der Waals surface area contributed by atoms with Crippen molar-refractivity contribution < 1.29 is 20.1 Å². The molecular formula is C8H15BO4. The standard InChI is InChI=1S/C8H15BO4/c1-5(9)6-2-7(11)8(12,3-10)4-13-6/h5-7,10-12H,2-4H2,1H3/t5-,6+,7?,8+/m1/s1. The highest BCUT2D eigenvalue weighted by atomic mass is 16.5. The quantitative estimate of drug-likeness (QED) is 0.475. The molecule has 0 aromatic heterocycles. The Morgan fingerprint density at radius 3 is 2.69 bits per heavy atom. The molecule has 0 aromatic carbocycles. The first-order valence-electron chi connectivity index (χ1n) is 4.38. The maximum absolute atomic E-state index is 9.58. The van der Waals surface area contributed by atoms with E-state index in [0.717, 1.165) is 0 Å². The summed E-state index contributed by atoms with van der Waals surface area (Å²) in [5.74, 6) is -0.183. The lowest BCUT2D eigenvalue weighted by molar-refractivity contribution is -0.198. The summed E-state index contributed by atoms with van der Waals surface area (Å²) in [4.78, 5) is 0. The van der Waals surface area contributed by atoms with Gasteiger partial charge in [0, 0.05) is 6.42 Å². The van der Waals surface area contributed by atoms with Gasteiger partial charge in [0.05, 0.1) is 33.3 Å². The van der Waals surface area contributed by atoms with Crippen molar-refractivity contribution in [1.82, 2.24) is 0 Å². The van der Waals surface area contributed by atoms with E-state index in [0.29, 0.717) is 0 Å². The van der Waals surface area contributed by atoms with Crippen LogP contribution in [0.1, 0.15) is 13.3 Å². The molecule has 0 aliphatic carbocycles. The summed E-state index contributed by atoms with van der Waals surface area (Å²) < 4.78 is 5.22. The molecule has 1 saturated heterocycles. The van der Waals surface area contributed by atoms with Crippen molar-refractivity contribution >= 4 is 7.85 Å². The van der Waals surface area contributed by atoms with Crippen LogP contribution in [0.15, 0.2) is 0 Å². The fourth-order valence-electron chi connectivity index (χ4n) is 1.37. The van der Waals surface area contributed by atoms with Gasteiger partial charge < -0.3 is 20.1 Å². The van der Waals surface area contributed by atoms with Gasteiger partial charge in [-0.25, -0.2) is 0 Å². The van der Waals surface area contributed by atoms with E-state index in [9.17, 15) is 10.2 Å². The zero-order chi connectivity index (χ0) is 10.1. The van der Waals surface area contributed by atoms with Gasteiger partial charge >= 0.3 is 0 Å². The SMILES string of the molecule is [B][C@H](C)[C@@H]1CC(O)[C@](O)(CO)CO1. The van der Waals surface area contributed by atoms with Crippen LogP contribution in [0.2, 0.25) is 5.82 Å². The van der Waals surface area contributed by atoms with Crippen molar-refractivity contribution in [2.24, 2.45) is 0 Å². The summed E-state index contributed by atoms with van der Waals surface area (Å²) in [6, 6.07) is 0. The van der Waals surface area contributed by atoms with Crippen LogP contribution >= 0.6 is 0 Å². The molecule has 0 saturated carbocycles. The summed E-state index contributed by atoms with van der Waals surface area (Å²) in [6.07, 6.45) is -0.960. The highest BCUT2D eigenvalue weighted by Gasteiger charge is 2.42. The molecule has 0 spiro atoms. The van der Waals surface area contributed by atoms with Crippen molar-refractivity contribution in [2.45, 2.75) is 37.0 Å². The van der Waals surface area contributed by atoms with E-state index in [4.69, 9.17) is 17.7 Å². The minimum atomic E-state index is -1.52. The monoisotopic (exact) mass is 186 g/mol. The second kappa shape index (κ2) is 3.96. The molecule has 5 heteroatoms. The lowest BCUT2D eigenvalue weighted by Gasteiger charge is -2.40. The van der Waals surface area contributed by atoms with E-state index in [1.807, 2.05) is 0 Å². The normalized spacial score (nSPS) is 43.1. The van der Waals surface area contributed by atoms with Gasteiger partial charge in [-0.3, -0.25) is 0 Å². The fraction of sp³-hybridized carbons (Fsp3) is 1.00. The topological polar surface area (TPSA) is 69.9 Å². The molecular weight excluding hydrogens is 171 g/mol. The predicted octanol–water partition coefficient (Wildman–Crippen LogP) is -1.16. The number of hydrogen-bond acceptors (Lipinski definition) is 4. The average molecular weight is 186 g/mol. The number of ether oxygens (including phenoxy) is 1. The molecule has 1 fully saturated rings. The Morgan fingerprint density at radius 1 is 1.69 bits per heavy atom. The van der Waals surface area contributed by atoms with Crippen molar-refractivity contribution in [3.05, 3.63) is 0 Å². The third-order valence-electron chi connectivity index (χ3n) is 2.48. The molecule has 3 N–H and O–H groups in total. The second-order valence-corrected chi connectivity index (χ2v) is 3.72. The first-order valence-corrected chi connectivity index (χ1v) is 4.38. The molecule has 0 bridgehead atoms. The van der Waals surface area contributed by atoms with E-state index in [1.54, 1.807) is 6.92 Å². The van der Waals surface area contributed by atoms with Gasteiger partial charge in [-0.2, -0.15) is 0 Å². The number of rotatable bonds is 2. The van der Waals surface area contributed by atoms with Gasteiger partial charge in [0.1, 0.15) is 5.60 Å². The van der Waals surface area contributed by atoms with E-state index >= 15 is 0 Å². The zero-order valence-corrected chi connectivity index (χ0v) is 7.68. The third-order valence-corrected chi connectivity index (χ3v) is 2.48. The predicted molar refractivity (Wildman–Crippen MR) is 47.6 cm³/mol. The van der Waals surface area contributed by atoms with E-state index < -0.39 is 18.3 Å². The third kappa shape index (κ3) is 2.23. The first-order chi connectivity index (χ1) is 5.99. The van der Waals surface area contributed by atoms with Crippen LogP contribution in [0.3, 0.4) is 0 Å². The molecule has 74 valence electrons. The van der Waals surface area contributed by atoms with Crippen LogP contribution < -0.4 is 0 Å². The van der Waals surface area contributed by atoms with E-state index in [2.05, 4.69) is 0 Å². The number of hydrogen-bond donors (Lipinski definition) is 3. The molecule has 1 heterocycles. The van der Waals surface area contributed by atoms with Crippen molar-refractivity contribution in [2.75, 3.05) is 13.2 Å². The lowest BCUT2D eigenvalue weighted by atomic mass is 9.78. The Hall–Kier alpha value is -0.0951. The molecule has 0 aromatic rings. The molecule has 0 amide bonds. The Morgan fingerprint density at radius 2 is 2.31 bits per heavy atom. The van der Waals surface area contributed by atoms with Crippen molar-refractivity contribution in [3.63, 3.8) is 0 Å². The number of aliphatic hydroxyl groups excluding tert-OH is 2. The summed E-state index contributed by atoms with van der Waals surface area (Å²) in [5, 5.41) is 27.9. The number of aliphatic hydroxyl groups is 3. The highest BCUT2D eigenvalue weighted by Crippen LogP contribution is 2.27. The molecule has 4 nitrogen and oxygen atoms in total. The molecule has 4 atom stereocenters. The molecule has 2 radical (unpaired) electrons.